The maximum Gasteiger partial charge on any atom is 0.149 e. The summed E-state index contributed by atoms with van der Waals surface area (Å²) in [6.07, 6.45) is 0.692. The van der Waals surface area contributed by atoms with Crippen molar-refractivity contribution < 1.29 is 9.18 Å². The summed E-state index contributed by atoms with van der Waals surface area (Å²) in [5.74, 6) is -0.925. The number of rotatable bonds is 2. The van der Waals surface area contributed by atoms with Crippen molar-refractivity contribution in [3.8, 4) is 0 Å². The highest BCUT2D eigenvalue weighted by Crippen LogP contribution is 2.20. The summed E-state index contributed by atoms with van der Waals surface area (Å²) in [5, 5.41) is 0. The third-order valence-corrected chi connectivity index (χ3v) is 1.75. The number of halogens is 1. The first-order chi connectivity index (χ1) is 5.66. The standard InChI is InChI=1S/C9H10FNO/c1-6(5-12)7-3-2-4-8(11)9(7)10/h2-6H,11H2,1H3. The first kappa shape index (κ1) is 8.71. The van der Waals surface area contributed by atoms with Gasteiger partial charge < -0.3 is 10.5 Å². The molecule has 1 unspecified atom stereocenters. The van der Waals surface area contributed by atoms with Gasteiger partial charge in [-0.3, -0.25) is 0 Å². The molecule has 2 nitrogen and oxygen atoms in total. The molecule has 1 atom stereocenters. The van der Waals surface area contributed by atoms with Crippen molar-refractivity contribution in [3.05, 3.63) is 29.6 Å². The Morgan fingerprint density at radius 2 is 2.25 bits per heavy atom. The summed E-state index contributed by atoms with van der Waals surface area (Å²) in [6.45, 7) is 1.63. The number of carbonyl (C=O) groups excluding carboxylic acids is 1. The lowest BCUT2D eigenvalue weighted by Gasteiger charge is -2.06. The second-order valence-electron chi connectivity index (χ2n) is 2.68. The molecule has 0 saturated heterocycles. The third kappa shape index (κ3) is 1.44. The van der Waals surface area contributed by atoms with Gasteiger partial charge in [-0.25, -0.2) is 4.39 Å². The van der Waals surface area contributed by atoms with Crippen molar-refractivity contribution in [2.75, 3.05) is 5.73 Å². The summed E-state index contributed by atoms with van der Waals surface area (Å²) < 4.78 is 13.2. The molecular weight excluding hydrogens is 157 g/mol. The van der Waals surface area contributed by atoms with Crippen molar-refractivity contribution in [2.24, 2.45) is 0 Å². The average Bonchev–Trinajstić information content (AvgIpc) is 2.08. The molecule has 0 aliphatic heterocycles. The summed E-state index contributed by atoms with van der Waals surface area (Å²) in [7, 11) is 0. The van der Waals surface area contributed by atoms with Crippen molar-refractivity contribution in [2.45, 2.75) is 12.8 Å². The van der Waals surface area contributed by atoms with Crippen LogP contribution in [0.2, 0.25) is 0 Å². The van der Waals surface area contributed by atoms with Crippen molar-refractivity contribution >= 4 is 12.0 Å². The van der Waals surface area contributed by atoms with Crippen LogP contribution in [0.1, 0.15) is 18.4 Å². The van der Waals surface area contributed by atoms with E-state index >= 15 is 0 Å². The molecule has 3 heteroatoms. The lowest BCUT2D eigenvalue weighted by Crippen LogP contribution is -2.01. The molecule has 12 heavy (non-hydrogen) atoms. The number of nitrogens with two attached hydrogens (primary N) is 1. The minimum absolute atomic E-state index is 0.0844. The van der Waals surface area contributed by atoms with E-state index in [1.165, 1.54) is 6.07 Å². The van der Waals surface area contributed by atoms with Gasteiger partial charge in [0.2, 0.25) is 0 Å². The first-order valence-corrected chi connectivity index (χ1v) is 3.66. The number of nitrogen functional groups attached to an aromatic ring is 1. The van der Waals surface area contributed by atoms with Crippen LogP contribution in [0.25, 0.3) is 0 Å². The second-order valence-corrected chi connectivity index (χ2v) is 2.68. The smallest absolute Gasteiger partial charge is 0.149 e. The minimum atomic E-state index is -0.489. The topological polar surface area (TPSA) is 43.1 Å². The van der Waals surface area contributed by atoms with Gasteiger partial charge in [0.25, 0.3) is 0 Å². The first-order valence-electron chi connectivity index (χ1n) is 3.66. The molecule has 0 aliphatic carbocycles. The van der Waals surface area contributed by atoms with E-state index in [0.717, 1.165) is 0 Å². The molecule has 1 aromatic carbocycles. The molecule has 0 radical (unpaired) electrons. The monoisotopic (exact) mass is 167 g/mol. The van der Waals surface area contributed by atoms with E-state index in [-0.39, 0.29) is 5.69 Å². The summed E-state index contributed by atoms with van der Waals surface area (Å²) in [4.78, 5) is 10.4. The van der Waals surface area contributed by atoms with Gasteiger partial charge in [-0.2, -0.15) is 0 Å². The molecule has 0 bridgehead atoms. The molecule has 2 N–H and O–H groups in total. The maximum absolute atomic E-state index is 13.2. The number of benzene rings is 1. The molecule has 0 heterocycles. The number of aldehydes is 1. The van der Waals surface area contributed by atoms with Gasteiger partial charge in [-0.15, -0.1) is 0 Å². The molecule has 0 saturated carbocycles. The van der Waals surface area contributed by atoms with Gasteiger partial charge in [0.05, 0.1) is 5.69 Å². The number of anilines is 1. The van der Waals surface area contributed by atoms with E-state index in [4.69, 9.17) is 5.73 Å². The largest absolute Gasteiger partial charge is 0.396 e. The predicted molar refractivity (Wildman–Crippen MR) is 45.3 cm³/mol. The molecule has 0 fully saturated rings. The Morgan fingerprint density at radius 3 is 2.83 bits per heavy atom. The van der Waals surface area contributed by atoms with Gasteiger partial charge in [0.15, 0.2) is 0 Å². The fraction of sp³-hybridized carbons (Fsp3) is 0.222. The quantitative estimate of drug-likeness (QED) is 0.538. The number of hydrogen-bond donors (Lipinski definition) is 1. The minimum Gasteiger partial charge on any atom is -0.396 e. The average molecular weight is 167 g/mol. The van der Waals surface area contributed by atoms with Crippen LogP contribution in [0.15, 0.2) is 18.2 Å². The van der Waals surface area contributed by atoms with Gasteiger partial charge >= 0.3 is 0 Å². The highest BCUT2D eigenvalue weighted by atomic mass is 19.1. The van der Waals surface area contributed by atoms with Crippen molar-refractivity contribution in [1.29, 1.82) is 0 Å². The van der Waals surface area contributed by atoms with Crippen LogP contribution in [0.5, 0.6) is 0 Å². The molecular formula is C9H10FNO. The zero-order valence-corrected chi connectivity index (χ0v) is 6.75. The molecule has 0 amide bonds. The number of carbonyl (C=O) groups is 1. The van der Waals surface area contributed by atoms with E-state index < -0.39 is 11.7 Å². The molecule has 1 rings (SSSR count). The van der Waals surface area contributed by atoms with E-state index in [1.807, 2.05) is 0 Å². The Bertz CT molecular complexity index is 299. The zero-order chi connectivity index (χ0) is 9.14. The Hall–Kier alpha value is -1.38. The van der Waals surface area contributed by atoms with Crippen LogP contribution in [-0.4, -0.2) is 6.29 Å². The summed E-state index contributed by atoms with van der Waals surface area (Å²) in [5.41, 5.74) is 5.76. The van der Waals surface area contributed by atoms with Crippen LogP contribution >= 0.6 is 0 Å². The van der Waals surface area contributed by atoms with Gasteiger partial charge in [-0.1, -0.05) is 19.1 Å². The zero-order valence-electron chi connectivity index (χ0n) is 6.75. The molecule has 0 aromatic heterocycles. The number of hydrogen-bond acceptors (Lipinski definition) is 2. The van der Waals surface area contributed by atoms with Crippen molar-refractivity contribution in [1.82, 2.24) is 0 Å². The van der Waals surface area contributed by atoms with E-state index in [1.54, 1.807) is 19.1 Å². The Labute approximate surface area is 70.2 Å². The molecule has 0 aliphatic rings. The lowest BCUT2D eigenvalue weighted by atomic mass is 10.0. The fourth-order valence-electron chi connectivity index (χ4n) is 0.993. The lowest BCUT2D eigenvalue weighted by molar-refractivity contribution is -0.108. The van der Waals surface area contributed by atoms with Gasteiger partial charge in [-0.05, 0) is 11.6 Å². The van der Waals surface area contributed by atoms with Crippen LogP contribution in [0.3, 0.4) is 0 Å². The Balaban J connectivity index is 3.15. The van der Waals surface area contributed by atoms with E-state index in [2.05, 4.69) is 0 Å². The summed E-state index contributed by atoms with van der Waals surface area (Å²) in [6, 6.07) is 4.66. The van der Waals surface area contributed by atoms with Gasteiger partial charge in [0.1, 0.15) is 12.1 Å². The Kier molecular flexibility index (Phi) is 2.43. The fourth-order valence-corrected chi connectivity index (χ4v) is 0.993. The van der Waals surface area contributed by atoms with E-state index in [0.29, 0.717) is 11.8 Å². The summed E-state index contributed by atoms with van der Waals surface area (Å²) >= 11 is 0. The van der Waals surface area contributed by atoms with Crippen LogP contribution in [0, 0.1) is 5.82 Å². The SMILES string of the molecule is CC(C=O)c1cccc(N)c1F. The molecule has 64 valence electrons. The highest BCUT2D eigenvalue weighted by Gasteiger charge is 2.10. The predicted octanol–water partition coefficient (Wildman–Crippen LogP) is 1.71. The Morgan fingerprint density at radius 1 is 1.58 bits per heavy atom. The second kappa shape index (κ2) is 3.34. The van der Waals surface area contributed by atoms with Crippen molar-refractivity contribution in [3.63, 3.8) is 0 Å². The van der Waals surface area contributed by atoms with E-state index in [9.17, 15) is 9.18 Å². The molecule has 0 spiro atoms. The van der Waals surface area contributed by atoms with Crippen LogP contribution in [-0.2, 0) is 4.79 Å². The van der Waals surface area contributed by atoms with Crippen LogP contribution < -0.4 is 5.73 Å². The normalized spacial score (nSPS) is 12.5. The van der Waals surface area contributed by atoms with Gasteiger partial charge in [0, 0.05) is 5.92 Å². The molecule has 1 aromatic rings. The van der Waals surface area contributed by atoms with Crippen LogP contribution in [0.4, 0.5) is 10.1 Å². The maximum atomic E-state index is 13.2. The highest BCUT2D eigenvalue weighted by molar-refractivity contribution is 5.63. The third-order valence-electron chi connectivity index (χ3n) is 1.75.